The molecule has 0 radical (unpaired) electrons. The molecule has 18 heavy (non-hydrogen) atoms. The molecule has 0 spiro atoms. The van der Waals surface area contributed by atoms with Crippen molar-refractivity contribution in [2.45, 2.75) is 12.3 Å². The van der Waals surface area contributed by atoms with Gasteiger partial charge in [-0.15, -0.1) is 0 Å². The predicted molar refractivity (Wildman–Crippen MR) is 72.5 cm³/mol. The third kappa shape index (κ3) is 3.17. The molecule has 2 rings (SSSR count). The van der Waals surface area contributed by atoms with E-state index < -0.39 is 11.9 Å². The van der Waals surface area contributed by atoms with Crippen LogP contribution in [0.15, 0.2) is 53.3 Å². The van der Waals surface area contributed by atoms with Crippen molar-refractivity contribution in [2.24, 2.45) is 0 Å². The molecule has 0 saturated heterocycles. The van der Waals surface area contributed by atoms with E-state index in [1.165, 1.54) is 0 Å². The summed E-state index contributed by atoms with van der Waals surface area (Å²) in [5, 5.41) is 9.34. The van der Waals surface area contributed by atoms with Gasteiger partial charge in [-0.25, -0.2) is 0 Å². The number of nitrogens with zero attached hydrogens (tertiary/aromatic N) is 1. The van der Waals surface area contributed by atoms with Crippen molar-refractivity contribution < 1.29 is 9.90 Å². The molecule has 0 fully saturated rings. The Morgan fingerprint density at radius 3 is 2.78 bits per heavy atom. The van der Waals surface area contributed by atoms with Crippen LogP contribution in [0.25, 0.3) is 0 Å². The van der Waals surface area contributed by atoms with E-state index >= 15 is 0 Å². The number of rotatable bonds is 4. The van der Waals surface area contributed by atoms with E-state index in [2.05, 4.69) is 20.9 Å². The van der Waals surface area contributed by atoms with E-state index in [1.54, 1.807) is 12.4 Å². The highest BCUT2D eigenvalue weighted by Crippen LogP contribution is 2.23. The third-order valence-electron chi connectivity index (χ3n) is 2.71. The number of benzene rings is 1. The Morgan fingerprint density at radius 2 is 2.17 bits per heavy atom. The molecule has 1 heterocycles. The minimum Gasteiger partial charge on any atom is -0.481 e. The number of aromatic nitrogens is 1. The average molecular weight is 306 g/mol. The predicted octanol–water partition coefficient (Wildman–Crippen LogP) is 3.26. The molecule has 0 amide bonds. The fourth-order valence-electron chi connectivity index (χ4n) is 1.83. The number of carboxylic acid groups (broad SMARTS) is 1. The number of hydrogen-bond donors (Lipinski definition) is 1. The zero-order valence-electron chi connectivity index (χ0n) is 9.58. The Balaban J connectivity index is 2.27. The molecule has 0 aliphatic heterocycles. The number of halogens is 1. The topological polar surface area (TPSA) is 50.2 Å². The van der Waals surface area contributed by atoms with Crippen LogP contribution in [0.1, 0.15) is 17.0 Å². The van der Waals surface area contributed by atoms with Crippen molar-refractivity contribution in [3.05, 3.63) is 64.4 Å². The molecule has 1 N–H and O–H groups in total. The summed E-state index contributed by atoms with van der Waals surface area (Å²) in [5.41, 5.74) is 1.71. The molecule has 0 aliphatic rings. The highest BCUT2D eigenvalue weighted by Gasteiger charge is 2.20. The van der Waals surface area contributed by atoms with E-state index in [-0.39, 0.29) is 0 Å². The first-order valence-corrected chi connectivity index (χ1v) is 6.33. The van der Waals surface area contributed by atoms with Gasteiger partial charge in [0.2, 0.25) is 0 Å². The highest BCUT2D eigenvalue weighted by molar-refractivity contribution is 9.10. The summed E-state index contributed by atoms with van der Waals surface area (Å²) < 4.78 is 0.887. The van der Waals surface area contributed by atoms with E-state index in [0.717, 1.165) is 15.6 Å². The second-order valence-electron chi connectivity index (χ2n) is 4.01. The maximum absolute atomic E-state index is 11.4. The molecular weight excluding hydrogens is 294 g/mol. The number of carboxylic acids is 1. The Bertz CT molecular complexity index is 543. The Kier molecular flexibility index (Phi) is 4.10. The van der Waals surface area contributed by atoms with Gasteiger partial charge in [0.25, 0.3) is 0 Å². The van der Waals surface area contributed by atoms with E-state index in [1.807, 2.05) is 36.4 Å². The van der Waals surface area contributed by atoms with Gasteiger partial charge < -0.3 is 5.11 Å². The molecule has 1 aromatic heterocycles. The van der Waals surface area contributed by atoms with Crippen molar-refractivity contribution in [3.8, 4) is 0 Å². The van der Waals surface area contributed by atoms with Crippen molar-refractivity contribution >= 4 is 21.9 Å². The molecule has 0 saturated carbocycles. The van der Waals surface area contributed by atoms with Crippen molar-refractivity contribution in [1.82, 2.24) is 4.98 Å². The molecule has 3 nitrogen and oxygen atoms in total. The van der Waals surface area contributed by atoms with Gasteiger partial charge in [-0.1, -0.05) is 34.1 Å². The zero-order valence-corrected chi connectivity index (χ0v) is 11.2. The van der Waals surface area contributed by atoms with Gasteiger partial charge in [-0.2, -0.15) is 0 Å². The van der Waals surface area contributed by atoms with Gasteiger partial charge in [0.05, 0.1) is 5.92 Å². The second-order valence-corrected chi connectivity index (χ2v) is 4.93. The van der Waals surface area contributed by atoms with Crippen LogP contribution >= 0.6 is 15.9 Å². The fourth-order valence-corrected chi connectivity index (χ4v) is 2.24. The standard InChI is InChI=1S/C14H12BrNO2/c15-12-5-1-4-11(8-12)13(14(17)18)7-10-3-2-6-16-9-10/h1-6,8-9,13H,7H2,(H,17,18). The van der Waals surface area contributed by atoms with Crippen molar-refractivity contribution in [2.75, 3.05) is 0 Å². The molecule has 2 aromatic rings. The number of aliphatic carboxylic acids is 1. The van der Waals surface area contributed by atoms with E-state index in [0.29, 0.717) is 6.42 Å². The van der Waals surface area contributed by atoms with Crippen LogP contribution < -0.4 is 0 Å². The summed E-state index contributed by atoms with van der Waals surface area (Å²) in [4.78, 5) is 15.4. The second kappa shape index (κ2) is 5.78. The van der Waals surface area contributed by atoms with Crippen LogP contribution in [0.2, 0.25) is 0 Å². The van der Waals surface area contributed by atoms with Crippen LogP contribution in [-0.2, 0) is 11.2 Å². The minimum atomic E-state index is -0.822. The summed E-state index contributed by atoms with van der Waals surface area (Å²) in [6, 6.07) is 11.1. The SMILES string of the molecule is O=C(O)C(Cc1cccnc1)c1cccc(Br)c1. The lowest BCUT2D eigenvalue weighted by atomic mass is 9.93. The van der Waals surface area contributed by atoms with Gasteiger partial charge in [0.15, 0.2) is 0 Å². The average Bonchev–Trinajstić information content (AvgIpc) is 2.37. The molecule has 0 aliphatic carbocycles. The summed E-state index contributed by atoms with van der Waals surface area (Å²) in [6.07, 6.45) is 3.83. The quantitative estimate of drug-likeness (QED) is 0.943. The minimum absolute atomic E-state index is 0.444. The summed E-state index contributed by atoms with van der Waals surface area (Å²) >= 11 is 3.36. The largest absolute Gasteiger partial charge is 0.481 e. The van der Waals surface area contributed by atoms with Gasteiger partial charge in [0.1, 0.15) is 0 Å². The summed E-state index contributed by atoms with van der Waals surface area (Å²) in [7, 11) is 0. The monoisotopic (exact) mass is 305 g/mol. The Morgan fingerprint density at radius 1 is 1.33 bits per heavy atom. The normalized spacial score (nSPS) is 12.1. The molecule has 4 heteroatoms. The van der Waals surface area contributed by atoms with Crippen LogP contribution in [0.5, 0.6) is 0 Å². The fraction of sp³-hybridized carbons (Fsp3) is 0.143. The van der Waals surface area contributed by atoms with Gasteiger partial charge in [0, 0.05) is 16.9 Å². The third-order valence-corrected chi connectivity index (χ3v) is 3.21. The van der Waals surface area contributed by atoms with Gasteiger partial charge >= 0.3 is 5.97 Å². The molecule has 1 unspecified atom stereocenters. The number of carbonyl (C=O) groups is 1. The van der Waals surface area contributed by atoms with Gasteiger partial charge in [-0.3, -0.25) is 9.78 Å². The van der Waals surface area contributed by atoms with Crippen LogP contribution in [0.3, 0.4) is 0 Å². The maximum atomic E-state index is 11.4. The highest BCUT2D eigenvalue weighted by atomic mass is 79.9. The first kappa shape index (κ1) is 12.8. The molecule has 1 aromatic carbocycles. The lowest BCUT2D eigenvalue weighted by molar-refractivity contribution is -0.138. The van der Waals surface area contributed by atoms with Crippen molar-refractivity contribution in [3.63, 3.8) is 0 Å². The molecule has 0 bridgehead atoms. The van der Waals surface area contributed by atoms with Gasteiger partial charge in [-0.05, 0) is 35.7 Å². The maximum Gasteiger partial charge on any atom is 0.311 e. The molecule has 1 atom stereocenters. The van der Waals surface area contributed by atoms with E-state index in [4.69, 9.17) is 0 Å². The van der Waals surface area contributed by atoms with E-state index in [9.17, 15) is 9.90 Å². The lowest BCUT2D eigenvalue weighted by Crippen LogP contribution is -2.14. The Hall–Kier alpha value is -1.68. The molecule has 92 valence electrons. The molecular formula is C14H12BrNO2. The summed E-state index contributed by atoms with van der Waals surface area (Å²) in [6.45, 7) is 0. The smallest absolute Gasteiger partial charge is 0.311 e. The first-order chi connectivity index (χ1) is 8.66. The van der Waals surface area contributed by atoms with Crippen molar-refractivity contribution in [1.29, 1.82) is 0 Å². The first-order valence-electron chi connectivity index (χ1n) is 5.54. The lowest BCUT2D eigenvalue weighted by Gasteiger charge is -2.13. The zero-order chi connectivity index (χ0) is 13.0. The Labute approximate surface area is 114 Å². The van der Waals surface area contributed by atoms with Crippen LogP contribution in [0.4, 0.5) is 0 Å². The van der Waals surface area contributed by atoms with Crippen LogP contribution in [0, 0.1) is 0 Å². The number of hydrogen-bond acceptors (Lipinski definition) is 2. The van der Waals surface area contributed by atoms with Crippen LogP contribution in [-0.4, -0.2) is 16.1 Å². The summed E-state index contributed by atoms with van der Waals surface area (Å²) in [5.74, 6) is -1.37. The number of pyridine rings is 1.